The van der Waals surface area contributed by atoms with Gasteiger partial charge in [0.1, 0.15) is 35.3 Å². The second-order valence-corrected chi connectivity index (χ2v) is 18.7. The van der Waals surface area contributed by atoms with E-state index >= 15 is 0 Å². The van der Waals surface area contributed by atoms with Crippen LogP contribution in [-0.2, 0) is 18.6 Å². The summed E-state index contributed by atoms with van der Waals surface area (Å²) in [6, 6.07) is 21.4. The molecule has 1 unspecified atom stereocenters. The lowest BCUT2D eigenvalue weighted by molar-refractivity contribution is -0.747. The summed E-state index contributed by atoms with van der Waals surface area (Å²) in [6.07, 6.45) is 6.69. The third kappa shape index (κ3) is 5.11. The molecule has 0 N–H and O–H groups in total. The van der Waals surface area contributed by atoms with Crippen LogP contribution in [0.25, 0.3) is 0 Å². The van der Waals surface area contributed by atoms with Crippen molar-refractivity contribution in [1.82, 2.24) is 4.90 Å². The van der Waals surface area contributed by atoms with E-state index in [9.17, 15) is 0 Å². The fourth-order valence-corrected chi connectivity index (χ4v) is 12.3. The number of benzene rings is 2. The Morgan fingerprint density at radius 2 is 1.62 bits per heavy atom. The van der Waals surface area contributed by atoms with Crippen molar-refractivity contribution >= 4 is 53.8 Å². The molecule has 2 saturated heterocycles. The highest BCUT2D eigenvalue weighted by Crippen LogP contribution is 2.44. The van der Waals surface area contributed by atoms with Gasteiger partial charge in [-0.2, -0.15) is 4.99 Å². The van der Waals surface area contributed by atoms with Gasteiger partial charge in [-0.25, -0.2) is 0 Å². The summed E-state index contributed by atoms with van der Waals surface area (Å²) < 4.78 is 27.4. The van der Waals surface area contributed by atoms with Gasteiger partial charge < -0.3 is 18.6 Å². The number of hydrogen-bond donors (Lipinski definition) is 0. The fraction of sp³-hybridized carbons (Fsp3) is 0.484. The Hall–Kier alpha value is -1.96. The Balaban J connectivity index is 1.32. The topological polar surface area (TPSA) is 64.9 Å². The predicted molar refractivity (Wildman–Crippen MR) is 174 cm³/mol. The van der Waals surface area contributed by atoms with Crippen LogP contribution in [0.15, 0.2) is 82.8 Å². The number of rotatable bonds is 7. The zero-order valence-corrected chi connectivity index (χ0v) is 28.0. The first-order valence-electron chi connectivity index (χ1n) is 14.4. The average Bonchev–Trinajstić information content (AvgIpc) is 3.62. The largest absolute Gasteiger partial charge is 0.405 e. The molecule has 4 aliphatic heterocycles. The van der Waals surface area contributed by atoms with Crippen LogP contribution in [0.4, 0.5) is 0 Å². The highest BCUT2D eigenvalue weighted by atomic mass is 32.2. The minimum Gasteiger partial charge on any atom is -0.405 e. The Kier molecular flexibility index (Phi) is 8.02. The first kappa shape index (κ1) is 30.1. The van der Waals surface area contributed by atoms with Crippen molar-refractivity contribution in [2.75, 3.05) is 25.7 Å². The molecule has 2 aromatic carbocycles. The van der Waals surface area contributed by atoms with E-state index in [1.54, 1.807) is 23.7 Å². The molecule has 224 valence electrons. The van der Waals surface area contributed by atoms with E-state index in [1.165, 1.54) is 10.4 Å². The Labute approximate surface area is 259 Å². The van der Waals surface area contributed by atoms with E-state index in [-0.39, 0.29) is 23.4 Å². The standard InChI is InChI=1S/C31H41N4O4S2Si/c1-30(2,3)42(22-14-10-8-11-15-22,23-16-12-9-13-17-23)36-20-24-27-28(39-31(4,5)38-27)29(37-24)34-18-25-33-26(40-6)19-35(25,41-7)32-21-34/h8-18,21,24,27-29H,19-20H2,1-7H3/q+1/t24-,27-,28-,29-,35?/m1/s1. The molecule has 0 amide bonds. The minimum atomic E-state index is -2.76. The lowest BCUT2D eigenvalue weighted by Crippen LogP contribution is -2.67. The number of fused-ring (bicyclic) bond motifs is 2. The molecular weight excluding hydrogens is 585 g/mol. The molecule has 6 rings (SSSR count). The average molecular weight is 626 g/mol. The summed E-state index contributed by atoms with van der Waals surface area (Å²) in [5, 5.41) is 8.34. The van der Waals surface area contributed by atoms with Gasteiger partial charge in [-0.05, 0) is 35.5 Å². The van der Waals surface area contributed by atoms with Crippen LogP contribution in [0.2, 0.25) is 5.04 Å². The quantitative estimate of drug-likeness (QED) is 0.250. The van der Waals surface area contributed by atoms with Crippen molar-refractivity contribution < 1.29 is 22.6 Å². The van der Waals surface area contributed by atoms with E-state index in [1.807, 2.05) is 25.1 Å². The van der Waals surface area contributed by atoms with Gasteiger partial charge in [0.15, 0.2) is 24.9 Å². The van der Waals surface area contributed by atoms with Crippen LogP contribution in [0.5, 0.6) is 0 Å². The zero-order chi connectivity index (χ0) is 29.8. The van der Waals surface area contributed by atoms with Crippen LogP contribution in [0.3, 0.4) is 0 Å². The van der Waals surface area contributed by atoms with E-state index in [4.69, 9.17) is 28.7 Å². The second-order valence-electron chi connectivity index (χ2n) is 12.5. The summed E-state index contributed by atoms with van der Waals surface area (Å²) in [5.74, 6) is 0.156. The molecule has 0 spiro atoms. The van der Waals surface area contributed by atoms with E-state index in [0.717, 1.165) is 17.4 Å². The molecule has 0 aliphatic carbocycles. The molecule has 0 saturated carbocycles. The van der Waals surface area contributed by atoms with Crippen molar-refractivity contribution in [3.63, 3.8) is 0 Å². The van der Waals surface area contributed by atoms with E-state index < -0.39 is 20.3 Å². The first-order chi connectivity index (χ1) is 20.0. The molecule has 11 heteroatoms. The van der Waals surface area contributed by atoms with Gasteiger partial charge in [-0.15, -0.1) is 11.8 Å². The summed E-state index contributed by atoms with van der Waals surface area (Å²) >= 11 is 3.33. The number of thioether (sulfide) groups is 1. The van der Waals surface area contributed by atoms with Crippen molar-refractivity contribution in [2.24, 2.45) is 10.1 Å². The Morgan fingerprint density at radius 1 is 1.00 bits per heavy atom. The van der Waals surface area contributed by atoms with Crippen molar-refractivity contribution in [1.29, 1.82) is 0 Å². The zero-order valence-electron chi connectivity index (χ0n) is 25.4. The monoisotopic (exact) mass is 625 g/mol. The van der Waals surface area contributed by atoms with Gasteiger partial charge in [0.05, 0.1) is 12.8 Å². The first-order valence-corrected chi connectivity index (χ1v) is 18.7. The van der Waals surface area contributed by atoms with Crippen molar-refractivity contribution in [3.8, 4) is 0 Å². The molecule has 0 radical (unpaired) electrons. The van der Waals surface area contributed by atoms with E-state index in [2.05, 4.69) is 100 Å². The van der Waals surface area contributed by atoms with Gasteiger partial charge in [-0.3, -0.25) is 4.90 Å². The Bertz CT molecular complexity index is 1340. The molecule has 0 bridgehead atoms. The van der Waals surface area contributed by atoms with Gasteiger partial charge in [-0.1, -0.05) is 90.5 Å². The minimum absolute atomic E-state index is 0.141. The van der Waals surface area contributed by atoms with Gasteiger partial charge in [0, 0.05) is 6.26 Å². The lowest BCUT2D eigenvalue weighted by atomic mass is 10.1. The molecule has 42 heavy (non-hydrogen) atoms. The maximum Gasteiger partial charge on any atom is 0.284 e. The number of quaternary nitrogens is 1. The van der Waals surface area contributed by atoms with Crippen LogP contribution in [0.1, 0.15) is 34.6 Å². The second kappa shape index (κ2) is 11.2. The summed E-state index contributed by atoms with van der Waals surface area (Å²) in [6.45, 7) is 11.9. The molecule has 2 aromatic rings. The normalized spacial score (nSPS) is 30.2. The molecule has 8 nitrogen and oxygen atoms in total. The highest BCUT2D eigenvalue weighted by molar-refractivity contribution is 8.13. The number of hydrogen-bond acceptors (Lipinski definition) is 9. The summed E-state index contributed by atoms with van der Waals surface area (Å²) in [5.41, 5.74) is 0. The SMILES string of the molecule is CSC1=NC2=CN([C@@H]3O[C@H](CO[Si](c4ccccc4)(c4ccccc4)C(C)(C)C)[C@H]4OC(C)(C)O[C@H]43)C=N[N+]2(SC)C1. The molecule has 5 atom stereocenters. The van der Waals surface area contributed by atoms with Crippen LogP contribution >= 0.6 is 23.7 Å². The number of nitrogens with zero attached hydrogens (tertiary/aromatic N) is 4. The molecule has 4 aliphatic rings. The maximum atomic E-state index is 7.27. The highest BCUT2D eigenvalue weighted by Gasteiger charge is 2.59. The van der Waals surface area contributed by atoms with Gasteiger partial charge in [0.2, 0.25) is 0 Å². The van der Waals surface area contributed by atoms with Gasteiger partial charge >= 0.3 is 0 Å². The molecular formula is C31H41N4O4S2Si+. The number of ether oxygens (including phenoxy) is 3. The fourth-order valence-electron chi connectivity index (χ4n) is 6.49. The molecule has 0 aromatic heterocycles. The Morgan fingerprint density at radius 3 is 2.19 bits per heavy atom. The summed E-state index contributed by atoms with van der Waals surface area (Å²) in [7, 11) is -2.76. The lowest BCUT2D eigenvalue weighted by Gasteiger charge is -2.43. The number of aliphatic imine (C=N–C) groups is 1. The summed E-state index contributed by atoms with van der Waals surface area (Å²) in [4.78, 5) is 6.88. The third-order valence-electron chi connectivity index (χ3n) is 8.42. The van der Waals surface area contributed by atoms with Crippen molar-refractivity contribution in [2.45, 2.75) is 70.0 Å². The van der Waals surface area contributed by atoms with Gasteiger partial charge in [0.25, 0.3) is 14.1 Å². The maximum absolute atomic E-state index is 7.27. The van der Waals surface area contributed by atoms with Crippen LogP contribution in [-0.4, -0.2) is 84.6 Å². The van der Waals surface area contributed by atoms with E-state index in [0.29, 0.717) is 10.6 Å². The van der Waals surface area contributed by atoms with Crippen LogP contribution < -0.4 is 10.4 Å². The third-order valence-corrected chi connectivity index (χ3v) is 15.1. The smallest absolute Gasteiger partial charge is 0.284 e. The molecule has 4 heterocycles. The predicted octanol–water partition coefficient (Wildman–Crippen LogP) is 4.74. The van der Waals surface area contributed by atoms with Crippen LogP contribution in [0, 0.1) is 0 Å². The molecule has 2 fully saturated rings. The van der Waals surface area contributed by atoms with Crippen molar-refractivity contribution in [3.05, 3.63) is 72.7 Å².